The van der Waals surface area contributed by atoms with Gasteiger partial charge in [-0.3, -0.25) is 19.8 Å². The van der Waals surface area contributed by atoms with Crippen LogP contribution in [0.3, 0.4) is 0 Å². The van der Waals surface area contributed by atoms with E-state index in [4.69, 9.17) is 0 Å². The summed E-state index contributed by atoms with van der Waals surface area (Å²) in [6.07, 6.45) is -0.256. The number of hydrogen-bond donors (Lipinski definition) is 1. The third-order valence-corrected chi connectivity index (χ3v) is 3.71. The molecule has 1 saturated carbocycles. The van der Waals surface area contributed by atoms with E-state index in [-0.39, 0.29) is 13.2 Å². The molecule has 0 atom stereocenters. The van der Waals surface area contributed by atoms with E-state index in [1.165, 1.54) is 0 Å². The van der Waals surface area contributed by atoms with Gasteiger partial charge in [-0.1, -0.05) is 12.8 Å². The number of carbonyl (C=O) groups excluding carboxylic acids is 3. The Morgan fingerprint density at radius 1 is 1.25 bits per heavy atom. The number of carbonyl (C=O) groups is 3. The van der Waals surface area contributed by atoms with Gasteiger partial charge in [-0.25, -0.2) is 13.6 Å². The van der Waals surface area contributed by atoms with Crippen LogP contribution in [0.5, 0.6) is 0 Å². The van der Waals surface area contributed by atoms with Crippen molar-refractivity contribution < 1.29 is 27.9 Å². The van der Waals surface area contributed by atoms with Gasteiger partial charge in [0.1, 0.15) is 12.0 Å². The van der Waals surface area contributed by atoms with E-state index in [0.717, 1.165) is 17.7 Å². The number of nitrogens with one attached hydrogen (secondary N) is 1. The smallest absolute Gasteiger partial charge is 0.330 e. The number of amides is 4. The van der Waals surface area contributed by atoms with Crippen LogP contribution in [0, 0.1) is 5.41 Å². The van der Waals surface area contributed by atoms with Crippen LogP contribution < -0.4 is 5.32 Å². The topological polar surface area (TPSA) is 75.7 Å². The number of urea groups is 1. The molecule has 20 heavy (non-hydrogen) atoms. The highest BCUT2D eigenvalue weighted by Gasteiger charge is 2.54. The Balaban J connectivity index is 1.99. The molecule has 0 aromatic carbocycles. The van der Waals surface area contributed by atoms with Gasteiger partial charge in [0.25, 0.3) is 6.43 Å². The van der Waals surface area contributed by atoms with Crippen LogP contribution in [0.2, 0.25) is 0 Å². The largest absolute Gasteiger partial charge is 0.374 e. The van der Waals surface area contributed by atoms with E-state index >= 15 is 0 Å². The maximum absolute atomic E-state index is 12.3. The molecule has 1 saturated heterocycles. The Bertz CT molecular complexity index is 422. The third-order valence-electron chi connectivity index (χ3n) is 3.71. The maximum Gasteiger partial charge on any atom is 0.330 e. The van der Waals surface area contributed by atoms with Crippen LogP contribution in [0.4, 0.5) is 13.6 Å². The van der Waals surface area contributed by atoms with Crippen molar-refractivity contribution in [2.75, 3.05) is 19.8 Å². The first-order chi connectivity index (χ1) is 9.47. The highest BCUT2D eigenvalue weighted by Crippen LogP contribution is 2.41. The van der Waals surface area contributed by atoms with Gasteiger partial charge >= 0.3 is 6.03 Å². The fraction of sp³-hybridized carbons (Fsp3) is 0.750. The Kier molecular flexibility index (Phi) is 4.32. The summed E-state index contributed by atoms with van der Waals surface area (Å²) in [4.78, 5) is 36.8. The second-order valence-corrected chi connectivity index (χ2v) is 4.97. The minimum Gasteiger partial charge on any atom is -0.374 e. The molecule has 1 aliphatic carbocycles. The van der Waals surface area contributed by atoms with Gasteiger partial charge in [-0.05, 0) is 12.8 Å². The molecule has 4 amide bonds. The lowest BCUT2D eigenvalue weighted by atomic mass is 9.82. The number of hydrogen-bond acceptors (Lipinski definition) is 4. The zero-order valence-corrected chi connectivity index (χ0v) is 10.9. The Hall–Kier alpha value is -1.57. The van der Waals surface area contributed by atoms with Crippen LogP contribution in [0.15, 0.2) is 0 Å². The highest BCUT2D eigenvalue weighted by molar-refractivity contribution is 6.19. The van der Waals surface area contributed by atoms with Crippen molar-refractivity contribution in [3.8, 4) is 0 Å². The molecule has 1 N–H and O–H groups in total. The molecule has 1 aliphatic heterocycles. The molecule has 112 valence electrons. The summed E-state index contributed by atoms with van der Waals surface area (Å²) in [6.45, 7) is -1.05. The second kappa shape index (κ2) is 5.82. The maximum atomic E-state index is 12.3. The van der Waals surface area contributed by atoms with Crippen molar-refractivity contribution in [1.82, 2.24) is 10.2 Å². The number of alkyl halides is 2. The van der Waals surface area contributed by atoms with E-state index < -0.39 is 36.3 Å². The summed E-state index contributed by atoms with van der Waals surface area (Å²) < 4.78 is 28.5. The predicted octanol–water partition coefficient (Wildman–Crippen LogP) is 0.907. The van der Waals surface area contributed by atoms with Crippen molar-refractivity contribution in [2.45, 2.75) is 32.1 Å². The SMILES string of the molecule is O=C1NC(=O)C2(CCCC2)C(=O)N1CCOCC(F)F. The van der Waals surface area contributed by atoms with Gasteiger partial charge < -0.3 is 4.74 Å². The minimum atomic E-state index is -2.59. The Labute approximate surface area is 114 Å². The molecule has 1 heterocycles. The van der Waals surface area contributed by atoms with E-state index in [1.807, 2.05) is 0 Å². The van der Waals surface area contributed by atoms with E-state index in [9.17, 15) is 23.2 Å². The lowest BCUT2D eigenvalue weighted by Crippen LogP contribution is -2.63. The summed E-state index contributed by atoms with van der Waals surface area (Å²) in [6, 6.07) is -0.807. The predicted molar refractivity (Wildman–Crippen MR) is 63.0 cm³/mol. The molecular formula is C12H16F2N2O4. The first-order valence-electron chi connectivity index (χ1n) is 6.50. The molecule has 0 bridgehead atoms. The van der Waals surface area contributed by atoms with Gasteiger partial charge in [-0.2, -0.15) is 0 Å². The zero-order chi connectivity index (χ0) is 14.8. The van der Waals surface area contributed by atoms with E-state index in [2.05, 4.69) is 10.1 Å². The van der Waals surface area contributed by atoms with Crippen molar-refractivity contribution >= 4 is 17.8 Å². The highest BCUT2D eigenvalue weighted by atomic mass is 19.3. The minimum absolute atomic E-state index is 0.133. The Morgan fingerprint density at radius 2 is 1.90 bits per heavy atom. The number of barbiturate groups is 1. The van der Waals surface area contributed by atoms with Gasteiger partial charge in [0.2, 0.25) is 11.8 Å². The standard InChI is InChI=1S/C12H16F2N2O4/c13-8(14)7-20-6-5-16-10(18)12(3-1-2-4-12)9(17)15-11(16)19/h8H,1-7H2,(H,15,17,19). The summed E-state index contributed by atoms with van der Waals surface area (Å²) in [5.41, 5.74) is -1.16. The van der Waals surface area contributed by atoms with Gasteiger partial charge in [0, 0.05) is 0 Å². The lowest BCUT2D eigenvalue weighted by Gasteiger charge is -2.36. The monoisotopic (exact) mass is 290 g/mol. The van der Waals surface area contributed by atoms with Gasteiger partial charge in [0.05, 0.1) is 13.2 Å². The molecule has 0 unspecified atom stereocenters. The molecule has 6 nitrogen and oxygen atoms in total. The number of ether oxygens (including phenoxy) is 1. The van der Waals surface area contributed by atoms with Crippen LogP contribution in [0.25, 0.3) is 0 Å². The number of nitrogens with zero attached hydrogens (tertiary/aromatic N) is 1. The average Bonchev–Trinajstić information content (AvgIpc) is 2.86. The summed E-state index contributed by atoms with van der Waals surface area (Å²) in [5, 5.41) is 2.17. The first kappa shape index (κ1) is 14.8. The van der Waals surface area contributed by atoms with Crippen LogP contribution in [0.1, 0.15) is 25.7 Å². The summed E-state index contributed by atoms with van der Waals surface area (Å²) >= 11 is 0. The van der Waals surface area contributed by atoms with Crippen molar-refractivity contribution in [3.63, 3.8) is 0 Å². The number of halogens is 2. The molecule has 2 rings (SSSR count). The lowest BCUT2D eigenvalue weighted by molar-refractivity contribution is -0.151. The average molecular weight is 290 g/mol. The zero-order valence-electron chi connectivity index (χ0n) is 10.9. The van der Waals surface area contributed by atoms with Crippen LogP contribution in [-0.2, 0) is 14.3 Å². The molecule has 2 fully saturated rings. The van der Waals surface area contributed by atoms with E-state index in [1.54, 1.807) is 0 Å². The summed E-state index contributed by atoms with van der Waals surface area (Å²) in [5.74, 6) is -1.08. The first-order valence-corrected chi connectivity index (χ1v) is 6.50. The van der Waals surface area contributed by atoms with Gasteiger partial charge in [-0.15, -0.1) is 0 Å². The molecule has 0 aromatic heterocycles. The van der Waals surface area contributed by atoms with Crippen molar-refractivity contribution in [3.05, 3.63) is 0 Å². The van der Waals surface area contributed by atoms with Crippen molar-refractivity contribution in [1.29, 1.82) is 0 Å². The van der Waals surface area contributed by atoms with Crippen molar-refractivity contribution in [2.24, 2.45) is 5.41 Å². The molecule has 0 aromatic rings. The molecule has 0 radical (unpaired) electrons. The van der Waals surface area contributed by atoms with Crippen LogP contribution in [-0.4, -0.2) is 48.9 Å². The van der Waals surface area contributed by atoms with Crippen LogP contribution >= 0.6 is 0 Å². The molecule has 2 aliphatic rings. The molecule has 8 heteroatoms. The second-order valence-electron chi connectivity index (χ2n) is 4.97. The fourth-order valence-corrected chi connectivity index (χ4v) is 2.68. The summed E-state index contributed by atoms with van der Waals surface area (Å²) in [7, 11) is 0. The number of rotatable bonds is 5. The number of imide groups is 2. The van der Waals surface area contributed by atoms with E-state index in [0.29, 0.717) is 12.8 Å². The third kappa shape index (κ3) is 2.65. The quantitative estimate of drug-likeness (QED) is 0.603. The van der Waals surface area contributed by atoms with Gasteiger partial charge in [0.15, 0.2) is 0 Å². The normalized spacial score (nSPS) is 21.9. The molecular weight excluding hydrogens is 274 g/mol. The Morgan fingerprint density at radius 3 is 2.50 bits per heavy atom. The fourth-order valence-electron chi connectivity index (χ4n) is 2.68. The molecule has 1 spiro atoms.